The van der Waals surface area contributed by atoms with E-state index in [4.69, 9.17) is 4.74 Å². The summed E-state index contributed by atoms with van der Waals surface area (Å²) in [5.41, 5.74) is 1.68. The summed E-state index contributed by atoms with van der Waals surface area (Å²) in [6.45, 7) is 3.25. The fourth-order valence-corrected chi connectivity index (χ4v) is 4.98. The van der Waals surface area contributed by atoms with Gasteiger partial charge in [-0.25, -0.2) is 13.2 Å². The van der Waals surface area contributed by atoms with E-state index in [1.165, 1.54) is 12.1 Å². The standard InChI is InChI=1S/C24H30N2O5S/c1-2-3-4-5-8-17-32(29,30)21-13-11-20(12-14-21)25-23(27)22-10-7-6-9-19(22)18-26-15-16-31-24(26)28/h6-7,9-14H,2-5,8,15-18H2,1H3,(H,25,27). The van der Waals surface area contributed by atoms with Crippen molar-refractivity contribution in [1.29, 1.82) is 0 Å². The summed E-state index contributed by atoms with van der Waals surface area (Å²) in [6.07, 6.45) is 4.48. The first kappa shape index (κ1) is 23.8. The van der Waals surface area contributed by atoms with Gasteiger partial charge in [0.1, 0.15) is 6.61 Å². The monoisotopic (exact) mass is 458 g/mol. The number of carbonyl (C=O) groups excluding carboxylic acids is 2. The minimum Gasteiger partial charge on any atom is -0.448 e. The number of cyclic esters (lactones) is 1. The Morgan fingerprint density at radius 3 is 2.44 bits per heavy atom. The van der Waals surface area contributed by atoms with Crippen molar-refractivity contribution in [3.8, 4) is 0 Å². The van der Waals surface area contributed by atoms with E-state index in [0.717, 1.165) is 25.7 Å². The molecule has 1 fully saturated rings. The molecule has 0 radical (unpaired) electrons. The molecule has 7 nitrogen and oxygen atoms in total. The van der Waals surface area contributed by atoms with E-state index < -0.39 is 9.84 Å². The predicted octanol–water partition coefficient (Wildman–Crippen LogP) is 4.64. The van der Waals surface area contributed by atoms with Crippen LogP contribution < -0.4 is 5.32 Å². The van der Waals surface area contributed by atoms with Gasteiger partial charge in [0.2, 0.25) is 0 Å². The lowest BCUT2D eigenvalue weighted by atomic mass is 10.1. The van der Waals surface area contributed by atoms with Crippen LogP contribution in [-0.2, 0) is 21.1 Å². The van der Waals surface area contributed by atoms with Gasteiger partial charge < -0.3 is 15.0 Å². The third-order valence-corrected chi connectivity index (χ3v) is 7.27. The summed E-state index contributed by atoms with van der Waals surface area (Å²) in [4.78, 5) is 26.4. The van der Waals surface area contributed by atoms with Crippen molar-refractivity contribution in [1.82, 2.24) is 4.90 Å². The Morgan fingerprint density at radius 2 is 1.75 bits per heavy atom. The van der Waals surface area contributed by atoms with Crippen LogP contribution in [0.15, 0.2) is 53.4 Å². The van der Waals surface area contributed by atoms with Crippen LogP contribution in [0.1, 0.15) is 54.9 Å². The van der Waals surface area contributed by atoms with Crippen molar-refractivity contribution in [3.63, 3.8) is 0 Å². The number of nitrogens with one attached hydrogen (secondary N) is 1. The normalized spacial score (nSPS) is 13.8. The highest BCUT2D eigenvalue weighted by Crippen LogP contribution is 2.20. The summed E-state index contributed by atoms with van der Waals surface area (Å²) >= 11 is 0. The quantitative estimate of drug-likeness (QED) is 0.496. The topological polar surface area (TPSA) is 92.8 Å². The van der Waals surface area contributed by atoms with Gasteiger partial charge >= 0.3 is 6.09 Å². The number of ether oxygens (including phenoxy) is 1. The van der Waals surface area contributed by atoms with E-state index in [-0.39, 0.29) is 29.2 Å². The van der Waals surface area contributed by atoms with Gasteiger partial charge in [0.05, 0.1) is 17.2 Å². The summed E-state index contributed by atoms with van der Waals surface area (Å²) in [7, 11) is -3.33. The van der Waals surface area contributed by atoms with Gasteiger partial charge in [-0.2, -0.15) is 0 Å². The van der Waals surface area contributed by atoms with Crippen LogP contribution in [-0.4, -0.2) is 44.2 Å². The molecule has 0 saturated carbocycles. The fraction of sp³-hybridized carbons (Fsp3) is 0.417. The molecule has 2 aromatic rings. The number of anilines is 1. The molecule has 2 amide bonds. The molecule has 1 aliphatic rings. The maximum absolute atomic E-state index is 12.8. The van der Waals surface area contributed by atoms with Gasteiger partial charge in [-0.15, -0.1) is 0 Å². The summed E-state index contributed by atoms with van der Waals surface area (Å²) in [6, 6.07) is 13.3. The van der Waals surface area contributed by atoms with Crippen molar-refractivity contribution in [2.45, 2.75) is 50.5 Å². The van der Waals surface area contributed by atoms with Crippen LogP contribution in [0.2, 0.25) is 0 Å². The third-order valence-electron chi connectivity index (χ3n) is 5.46. The molecule has 0 spiro atoms. The second-order valence-electron chi connectivity index (χ2n) is 7.90. The van der Waals surface area contributed by atoms with Gasteiger partial charge in [-0.1, -0.05) is 50.8 Å². The third kappa shape index (κ3) is 6.32. The van der Waals surface area contributed by atoms with E-state index in [9.17, 15) is 18.0 Å². The Balaban J connectivity index is 1.62. The molecule has 8 heteroatoms. The smallest absolute Gasteiger partial charge is 0.410 e. The zero-order valence-electron chi connectivity index (χ0n) is 18.4. The highest BCUT2D eigenvalue weighted by atomic mass is 32.2. The van der Waals surface area contributed by atoms with E-state index in [2.05, 4.69) is 12.2 Å². The van der Waals surface area contributed by atoms with Gasteiger partial charge in [0.25, 0.3) is 5.91 Å². The van der Waals surface area contributed by atoms with Gasteiger partial charge in [0.15, 0.2) is 9.84 Å². The van der Waals surface area contributed by atoms with Gasteiger partial charge in [-0.3, -0.25) is 4.79 Å². The number of hydrogen-bond acceptors (Lipinski definition) is 5. The molecule has 32 heavy (non-hydrogen) atoms. The van der Waals surface area contributed by atoms with Crippen LogP contribution in [0.5, 0.6) is 0 Å². The molecule has 1 heterocycles. The number of amides is 2. The molecule has 0 aromatic heterocycles. The van der Waals surface area contributed by atoms with Crippen LogP contribution in [0, 0.1) is 0 Å². The minimum atomic E-state index is -3.33. The molecule has 0 bridgehead atoms. The zero-order chi connectivity index (χ0) is 23.0. The van der Waals surface area contributed by atoms with E-state index >= 15 is 0 Å². The molecule has 0 atom stereocenters. The lowest BCUT2D eigenvalue weighted by molar-refractivity contribution is 0.102. The molecular weight excluding hydrogens is 428 g/mol. The average molecular weight is 459 g/mol. The molecule has 1 N–H and O–H groups in total. The Morgan fingerprint density at radius 1 is 1.03 bits per heavy atom. The molecule has 0 aliphatic carbocycles. The molecule has 2 aromatic carbocycles. The zero-order valence-corrected chi connectivity index (χ0v) is 19.2. The molecule has 1 aliphatic heterocycles. The van der Waals surface area contributed by atoms with Gasteiger partial charge in [-0.05, 0) is 42.3 Å². The first-order chi connectivity index (χ1) is 15.4. The first-order valence-corrected chi connectivity index (χ1v) is 12.7. The highest BCUT2D eigenvalue weighted by molar-refractivity contribution is 7.91. The molecular formula is C24H30N2O5S. The predicted molar refractivity (Wildman–Crippen MR) is 123 cm³/mol. The first-order valence-electron chi connectivity index (χ1n) is 11.0. The maximum Gasteiger partial charge on any atom is 0.410 e. The minimum absolute atomic E-state index is 0.134. The van der Waals surface area contributed by atoms with Crippen molar-refractivity contribution < 1.29 is 22.7 Å². The number of carbonyl (C=O) groups is 2. The lowest BCUT2D eigenvalue weighted by Crippen LogP contribution is -2.25. The molecule has 172 valence electrons. The number of rotatable bonds is 11. The van der Waals surface area contributed by atoms with E-state index in [1.807, 2.05) is 6.07 Å². The number of benzene rings is 2. The maximum atomic E-state index is 12.8. The summed E-state index contributed by atoms with van der Waals surface area (Å²) in [5, 5.41) is 2.81. The average Bonchev–Trinajstić information content (AvgIpc) is 3.18. The Hall–Kier alpha value is -2.87. The molecule has 1 saturated heterocycles. The van der Waals surface area contributed by atoms with Crippen molar-refractivity contribution in [2.24, 2.45) is 0 Å². The Bertz CT molecular complexity index is 1030. The van der Waals surface area contributed by atoms with Crippen molar-refractivity contribution >= 4 is 27.5 Å². The number of unbranched alkanes of at least 4 members (excludes halogenated alkanes) is 4. The van der Waals surface area contributed by atoms with Gasteiger partial charge in [0, 0.05) is 17.8 Å². The van der Waals surface area contributed by atoms with Crippen molar-refractivity contribution in [3.05, 3.63) is 59.7 Å². The summed E-state index contributed by atoms with van der Waals surface area (Å²) < 4.78 is 30.0. The van der Waals surface area contributed by atoms with Crippen LogP contribution in [0.25, 0.3) is 0 Å². The van der Waals surface area contributed by atoms with E-state index in [0.29, 0.717) is 36.4 Å². The molecule has 3 rings (SSSR count). The number of sulfone groups is 1. The number of hydrogen-bond donors (Lipinski definition) is 1. The van der Waals surface area contributed by atoms with Crippen LogP contribution >= 0.6 is 0 Å². The van der Waals surface area contributed by atoms with E-state index in [1.54, 1.807) is 35.2 Å². The second kappa shape index (κ2) is 11.1. The summed E-state index contributed by atoms with van der Waals surface area (Å²) in [5.74, 6) is -0.186. The van der Waals surface area contributed by atoms with Crippen LogP contribution in [0.4, 0.5) is 10.5 Å². The fourth-order valence-electron chi connectivity index (χ4n) is 3.61. The highest BCUT2D eigenvalue weighted by Gasteiger charge is 2.24. The SMILES string of the molecule is CCCCCCCS(=O)(=O)c1ccc(NC(=O)c2ccccc2CN2CCOC2=O)cc1. The lowest BCUT2D eigenvalue weighted by Gasteiger charge is -2.16. The second-order valence-corrected chi connectivity index (χ2v) is 10.0. The largest absolute Gasteiger partial charge is 0.448 e. The van der Waals surface area contributed by atoms with Crippen LogP contribution in [0.3, 0.4) is 0 Å². The number of nitrogens with zero attached hydrogens (tertiary/aromatic N) is 1. The molecule has 0 unspecified atom stereocenters. The van der Waals surface area contributed by atoms with Crippen molar-refractivity contribution in [2.75, 3.05) is 24.2 Å². The Kier molecular flexibility index (Phi) is 8.27. The Labute approximate surface area is 189 Å².